The van der Waals surface area contributed by atoms with Gasteiger partial charge in [-0.2, -0.15) is 0 Å². The standard InChI is InChI=1S/C34H23OP/c35-36(32-11-3-1-4-12-32,33-13-5-2-6-14-33)34-16-15-26-19-29-20-27-17-24-9-7-8-10-25(24)18-28(27)21-30(29)22-31(26)23-34/h1-23H. The topological polar surface area (TPSA) is 17.1 Å². The summed E-state index contributed by atoms with van der Waals surface area (Å²) >= 11 is 0. The zero-order valence-corrected chi connectivity index (χ0v) is 20.5. The first-order chi connectivity index (χ1) is 17.7. The van der Waals surface area contributed by atoms with Gasteiger partial charge in [-0.1, -0.05) is 97.1 Å². The van der Waals surface area contributed by atoms with Crippen molar-refractivity contribution in [2.24, 2.45) is 0 Å². The lowest BCUT2D eigenvalue weighted by Crippen LogP contribution is -2.24. The van der Waals surface area contributed by atoms with Crippen molar-refractivity contribution in [2.45, 2.75) is 0 Å². The van der Waals surface area contributed by atoms with Gasteiger partial charge in [0, 0.05) is 15.9 Å². The van der Waals surface area contributed by atoms with Crippen LogP contribution in [0.1, 0.15) is 0 Å². The lowest BCUT2D eigenvalue weighted by molar-refractivity contribution is 0.592. The van der Waals surface area contributed by atoms with Gasteiger partial charge in [-0.25, -0.2) is 0 Å². The van der Waals surface area contributed by atoms with Crippen molar-refractivity contribution in [1.29, 1.82) is 0 Å². The fourth-order valence-corrected chi connectivity index (χ4v) is 8.03. The van der Waals surface area contributed by atoms with E-state index in [1.54, 1.807) is 0 Å². The second kappa shape index (κ2) is 8.19. The third kappa shape index (κ3) is 3.36. The van der Waals surface area contributed by atoms with E-state index in [0.29, 0.717) is 0 Å². The highest BCUT2D eigenvalue weighted by atomic mass is 31.2. The van der Waals surface area contributed by atoms with E-state index in [-0.39, 0.29) is 0 Å². The minimum Gasteiger partial charge on any atom is -0.309 e. The Balaban J connectivity index is 1.45. The quantitative estimate of drug-likeness (QED) is 0.186. The van der Waals surface area contributed by atoms with Gasteiger partial charge >= 0.3 is 0 Å². The zero-order chi connectivity index (χ0) is 24.1. The molecular weight excluding hydrogens is 455 g/mol. The van der Waals surface area contributed by atoms with E-state index in [0.717, 1.165) is 26.7 Å². The van der Waals surface area contributed by atoms with Crippen LogP contribution >= 0.6 is 7.14 Å². The van der Waals surface area contributed by atoms with Crippen LogP contribution in [0.2, 0.25) is 0 Å². The zero-order valence-electron chi connectivity index (χ0n) is 19.6. The van der Waals surface area contributed by atoms with E-state index in [4.69, 9.17) is 0 Å². The Kier molecular flexibility index (Phi) is 4.81. The van der Waals surface area contributed by atoms with Gasteiger partial charge < -0.3 is 4.57 Å². The molecule has 7 aromatic rings. The van der Waals surface area contributed by atoms with Crippen molar-refractivity contribution in [1.82, 2.24) is 0 Å². The molecule has 0 aromatic heterocycles. The van der Waals surface area contributed by atoms with Crippen LogP contribution in [0.5, 0.6) is 0 Å². The smallest absolute Gasteiger partial charge is 0.171 e. The van der Waals surface area contributed by atoms with E-state index in [1.807, 2.05) is 66.7 Å². The van der Waals surface area contributed by atoms with E-state index in [2.05, 4.69) is 72.8 Å². The Morgan fingerprint density at radius 2 is 0.667 bits per heavy atom. The van der Waals surface area contributed by atoms with Crippen molar-refractivity contribution in [3.05, 3.63) is 140 Å². The molecule has 0 aliphatic carbocycles. The third-order valence-electron chi connectivity index (χ3n) is 7.20. The Morgan fingerprint density at radius 1 is 0.306 bits per heavy atom. The first kappa shape index (κ1) is 21.1. The molecule has 0 N–H and O–H groups in total. The van der Waals surface area contributed by atoms with Crippen molar-refractivity contribution >= 4 is 66.1 Å². The fraction of sp³-hybridized carbons (Fsp3) is 0. The number of hydrogen-bond donors (Lipinski definition) is 0. The summed E-state index contributed by atoms with van der Waals surface area (Å²) in [5.74, 6) is 0. The molecule has 1 nitrogen and oxygen atoms in total. The molecule has 0 heterocycles. The molecule has 2 heteroatoms. The highest BCUT2D eigenvalue weighted by molar-refractivity contribution is 7.85. The molecule has 0 aliphatic heterocycles. The van der Waals surface area contributed by atoms with Crippen LogP contribution in [-0.2, 0) is 4.57 Å². The molecular formula is C34H23OP. The molecule has 0 atom stereocenters. The normalized spacial score (nSPS) is 12.0. The predicted molar refractivity (Wildman–Crippen MR) is 156 cm³/mol. The minimum absolute atomic E-state index is 0.856. The summed E-state index contributed by atoms with van der Waals surface area (Å²) < 4.78 is 14.8. The van der Waals surface area contributed by atoms with E-state index >= 15 is 0 Å². The van der Waals surface area contributed by atoms with Crippen molar-refractivity contribution in [3.8, 4) is 0 Å². The lowest BCUT2D eigenvalue weighted by Gasteiger charge is -2.20. The van der Waals surface area contributed by atoms with E-state index < -0.39 is 7.14 Å². The maximum atomic E-state index is 14.8. The lowest BCUT2D eigenvalue weighted by atomic mass is 9.97. The summed E-state index contributed by atoms with van der Waals surface area (Å²) in [5, 5.41) is 12.2. The van der Waals surface area contributed by atoms with E-state index in [9.17, 15) is 4.57 Å². The minimum atomic E-state index is -3.01. The first-order valence-electron chi connectivity index (χ1n) is 12.2. The predicted octanol–water partition coefficient (Wildman–Crippen LogP) is 7.94. The Bertz CT molecular complexity index is 1910. The molecule has 0 unspecified atom stereocenters. The highest BCUT2D eigenvalue weighted by Gasteiger charge is 2.29. The van der Waals surface area contributed by atoms with Gasteiger partial charge in [0.25, 0.3) is 0 Å². The van der Waals surface area contributed by atoms with Gasteiger partial charge in [-0.05, 0) is 85.6 Å². The first-order valence-corrected chi connectivity index (χ1v) is 13.9. The van der Waals surface area contributed by atoms with Crippen LogP contribution in [0, 0.1) is 0 Å². The molecule has 0 bridgehead atoms. The average Bonchev–Trinajstić information content (AvgIpc) is 2.94. The van der Waals surface area contributed by atoms with Crippen LogP contribution < -0.4 is 15.9 Å². The SMILES string of the molecule is O=P(c1ccccc1)(c1ccccc1)c1ccc2cc3cc4cc5ccccc5cc4cc3cc2c1. The third-order valence-corrected chi connectivity index (χ3v) is 10.3. The van der Waals surface area contributed by atoms with Crippen molar-refractivity contribution < 1.29 is 4.57 Å². The van der Waals surface area contributed by atoms with Crippen LogP contribution in [0.4, 0.5) is 0 Å². The number of fused-ring (bicyclic) bond motifs is 4. The summed E-state index contributed by atoms with van der Waals surface area (Å²) in [7, 11) is -3.01. The van der Waals surface area contributed by atoms with Gasteiger partial charge in [0.1, 0.15) is 0 Å². The maximum Gasteiger partial charge on any atom is 0.171 e. The number of hydrogen-bond acceptors (Lipinski definition) is 1. The number of rotatable bonds is 3. The molecule has 0 radical (unpaired) electrons. The fourth-order valence-electron chi connectivity index (χ4n) is 5.35. The van der Waals surface area contributed by atoms with Gasteiger partial charge in [0.2, 0.25) is 0 Å². The highest BCUT2D eigenvalue weighted by Crippen LogP contribution is 2.43. The Morgan fingerprint density at radius 3 is 1.14 bits per heavy atom. The second-order valence-electron chi connectivity index (χ2n) is 9.41. The average molecular weight is 479 g/mol. The summed E-state index contributed by atoms with van der Waals surface area (Å²) in [6, 6.07) is 48.1. The largest absolute Gasteiger partial charge is 0.309 e. The maximum absolute atomic E-state index is 14.8. The van der Waals surface area contributed by atoms with Gasteiger partial charge in [-0.3, -0.25) is 0 Å². The summed E-state index contributed by atoms with van der Waals surface area (Å²) in [6.07, 6.45) is 0. The van der Waals surface area contributed by atoms with Crippen molar-refractivity contribution in [3.63, 3.8) is 0 Å². The Labute approximate surface area is 210 Å². The van der Waals surface area contributed by atoms with Gasteiger partial charge in [-0.15, -0.1) is 0 Å². The summed E-state index contributed by atoms with van der Waals surface area (Å²) in [4.78, 5) is 0. The molecule has 0 saturated carbocycles. The van der Waals surface area contributed by atoms with Crippen LogP contribution in [-0.4, -0.2) is 0 Å². The van der Waals surface area contributed by atoms with Gasteiger partial charge in [0.15, 0.2) is 7.14 Å². The molecule has 0 fully saturated rings. The molecule has 36 heavy (non-hydrogen) atoms. The molecule has 0 saturated heterocycles. The second-order valence-corrected chi connectivity index (χ2v) is 12.2. The van der Waals surface area contributed by atoms with Crippen LogP contribution in [0.15, 0.2) is 140 Å². The number of benzene rings is 7. The molecule has 7 aromatic carbocycles. The molecule has 0 spiro atoms. The van der Waals surface area contributed by atoms with Crippen molar-refractivity contribution in [2.75, 3.05) is 0 Å². The summed E-state index contributed by atoms with van der Waals surface area (Å²) in [5.41, 5.74) is 0. The van der Waals surface area contributed by atoms with Gasteiger partial charge in [0.05, 0.1) is 0 Å². The Hall–Kier alpha value is -4.19. The van der Waals surface area contributed by atoms with E-state index in [1.165, 1.54) is 32.3 Å². The molecule has 0 amide bonds. The molecule has 0 aliphatic rings. The van der Waals surface area contributed by atoms with Crippen LogP contribution in [0.25, 0.3) is 43.1 Å². The van der Waals surface area contributed by atoms with Crippen LogP contribution in [0.3, 0.4) is 0 Å². The molecule has 7 rings (SSSR count). The summed E-state index contributed by atoms with van der Waals surface area (Å²) in [6.45, 7) is 0. The molecule has 170 valence electrons. The monoisotopic (exact) mass is 478 g/mol.